The first-order valence-corrected chi connectivity index (χ1v) is 5.11. The van der Waals surface area contributed by atoms with Crippen LogP contribution in [0.25, 0.3) is 0 Å². The third kappa shape index (κ3) is 2.45. The van der Waals surface area contributed by atoms with E-state index in [1.807, 2.05) is 13.8 Å². The van der Waals surface area contributed by atoms with Crippen molar-refractivity contribution in [3.63, 3.8) is 0 Å². The van der Waals surface area contributed by atoms with Gasteiger partial charge in [-0.05, 0) is 26.7 Å². The molecule has 1 heterocycles. The summed E-state index contributed by atoms with van der Waals surface area (Å²) >= 11 is 0. The van der Waals surface area contributed by atoms with Gasteiger partial charge in [0.05, 0.1) is 0 Å². The van der Waals surface area contributed by atoms with Crippen LogP contribution < -0.4 is 5.73 Å². The average Bonchev–Trinajstić information content (AvgIpc) is 2.51. The number of nitrogens with two attached hydrogens (primary N) is 1. The average molecular weight is 200 g/mol. The Morgan fingerprint density at radius 1 is 1.71 bits per heavy atom. The van der Waals surface area contributed by atoms with E-state index in [0.29, 0.717) is 13.2 Å². The van der Waals surface area contributed by atoms with Crippen LogP contribution in [0.3, 0.4) is 0 Å². The summed E-state index contributed by atoms with van der Waals surface area (Å²) in [7, 11) is 1.78. The minimum atomic E-state index is -0.607. The molecule has 0 spiro atoms. The molecule has 0 aromatic heterocycles. The molecule has 1 aliphatic heterocycles. The topological polar surface area (TPSA) is 55.6 Å². The summed E-state index contributed by atoms with van der Waals surface area (Å²) in [6, 6.07) is 0.00829. The zero-order valence-corrected chi connectivity index (χ0v) is 9.25. The fourth-order valence-electron chi connectivity index (χ4n) is 1.87. The van der Waals surface area contributed by atoms with Crippen LogP contribution in [0.15, 0.2) is 0 Å². The van der Waals surface area contributed by atoms with Crippen LogP contribution in [0.5, 0.6) is 0 Å². The van der Waals surface area contributed by atoms with Gasteiger partial charge in [0.15, 0.2) is 0 Å². The first-order chi connectivity index (χ1) is 6.46. The van der Waals surface area contributed by atoms with Gasteiger partial charge in [-0.2, -0.15) is 0 Å². The van der Waals surface area contributed by atoms with Crippen molar-refractivity contribution in [2.45, 2.75) is 38.3 Å². The molecule has 2 N–H and O–H groups in total. The highest BCUT2D eigenvalue weighted by atomic mass is 16.5. The van der Waals surface area contributed by atoms with Gasteiger partial charge in [0.25, 0.3) is 5.91 Å². The highest BCUT2D eigenvalue weighted by molar-refractivity contribution is 5.84. The minimum absolute atomic E-state index is 0.00829. The maximum Gasteiger partial charge on any atom is 0.254 e. The number of rotatable bonds is 3. The molecule has 4 nitrogen and oxygen atoms in total. The van der Waals surface area contributed by atoms with E-state index in [1.165, 1.54) is 0 Å². The van der Waals surface area contributed by atoms with E-state index in [-0.39, 0.29) is 11.9 Å². The number of nitrogens with zero attached hydrogens (tertiary/aromatic N) is 1. The van der Waals surface area contributed by atoms with Crippen LogP contribution in [0.1, 0.15) is 26.7 Å². The quantitative estimate of drug-likeness (QED) is 0.715. The van der Waals surface area contributed by atoms with Crippen LogP contribution in [0.4, 0.5) is 0 Å². The molecule has 0 aromatic rings. The zero-order chi connectivity index (χ0) is 10.8. The molecule has 1 rings (SSSR count). The summed E-state index contributed by atoms with van der Waals surface area (Å²) in [5.74, 6) is 0.0484. The molecule has 2 unspecified atom stereocenters. The monoisotopic (exact) mass is 200 g/mol. The summed E-state index contributed by atoms with van der Waals surface area (Å²) in [5.41, 5.74) is 5.03. The van der Waals surface area contributed by atoms with Crippen molar-refractivity contribution in [2.75, 3.05) is 20.2 Å². The van der Waals surface area contributed by atoms with E-state index in [2.05, 4.69) is 0 Å². The van der Waals surface area contributed by atoms with E-state index in [4.69, 9.17) is 10.5 Å². The highest BCUT2D eigenvalue weighted by Crippen LogP contribution is 2.26. The van der Waals surface area contributed by atoms with Crippen molar-refractivity contribution >= 4 is 5.91 Å². The molecule has 0 bridgehead atoms. The van der Waals surface area contributed by atoms with Gasteiger partial charge in [0.1, 0.15) is 5.60 Å². The molecule has 14 heavy (non-hydrogen) atoms. The van der Waals surface area contributed by atoms with Gasteiger partial charge < -0.3 is 15.4 Å². The summed E-state index contributed by atoms with van der Waals surface area (Å²) < 4.78 is 5.47. The molecule has 4 heteroatoms. The Bertz CT molecular complexity index is 210. The van der Waals surface area contributed by atoms with E-state index < -0.39 is 5.60 Å². The predicted octanol–water partition coefficient (Wildman–Crippen LogP) is 0.361. The zero-order valence-electron chi connectivity index (χ0n) is 9.25. The fourth-order valence-corrected chi connectivity index (χ4v) is 1.87. The smallest absolute Gasteiger partial charge is 0.254 e. The molecular weight excluding hydrogens is 180 g/mol. The van der Waals surface area contributed by atoms with Crippen LogP contribution in [0, 0.1) is 0 Å². The molecule has 0 radical (unpaired) electrons. The van der Waals surface area contributed by atoms with Crippen molar-refractivity contribution in [1.29, 1.82) is 0 Å². The first-order valence-electron chi connectivity index (χ1n) is 5.11. The molecule has 1 amide bonds. The maximum atomic E-state index is 11.9. The maximum absolute atomic E-state index is 11.9. The lowest BCUT2D eigenvalue weighted by molar-refractivity contribution is -0.149. The van der Waals surface area contributed by atoms with Gasteiger partial charge >= 0.3 is 0 Å². The Morgan fingerprint density at radius 2 is 2.36 bits per heavy atom. The molecular formula is C10H20N2O2. The fraction of sp³-hybridized carbons (Fsp3) is 0.900. The standard InChI is InChI=1S/C10H20N2O2/c1-8(11)7-12(3)9(13)10(2)5-4-6-14-10/h8H,4-7,11H2,1-3H3. The van der Waals surface area contributed by atoms with Crippen LogP contribution >= 0.6 is 0 Å². The number of carbonyl (C=O) groups excluding carboxylic acids is 1. The van der Waals surface area contributed by atoms with Crippen molar-refractivity contribution in [1.82, 2.24) is 4.90 Å². The molecule has 0 aromatic carbocycles. The molecule has 82 valence electrons. The number of hydrogen-bond acceptors (Lipinski definition) is 3. The van der Waals surface area contributed by atoms with Gasteiger partial charge in [-0.1, -0.05) is 0 Å². The van der Waals surface area contributed by atoms with Crippen LogP contribution in [-0.4, -0.2) is 42.6 Å². The summed E-state index contributed by atoms with van der Waals surface area (Å²) in [4.78, 5) is 13.6. The third-order valence-electron chi connectivity index (χ3n) is 2.58. The molecule has 0 saturated carbocycles. The summed E-state index contributed by atoms with van der Waals surface area (Å²) in [6.45, 7) is 5.02. The highest BCUT2D eigenvalue weighted by Gasteiger charge is 2.39. The largest absolute Gasteiger partial charge is 0.365 e. The summed E-state index contributed by atoms with van der Waals surface area (Å²) in [5, 5.41) is 0. The van der Waals surface area contributed by atoms with Gasteiger partial charge in [0.2, 0.25) is 0 Å². The lowest BCUT2D eigenvalue weighted by Crippen LogP contribution is -2.48. The van der Waals surface area contributed by atoms with Gasteiger partial charge in [0, 0.05) is 26.2 Å². The molecule has 0 aliphatic carbocycles. The van der Waals surface area contributed by atoms with E-state index >= 15 is 0 Å². The predicted molar refractivity (Wildman–Crippen MR) is 54.9 cm³/mol. The van der Waals surface area contributed by atoms with Gasteiger partial charge in [-0.25, -0.2) is 0 Å². The van der Waals surface area contributed by atoms with Crippen molar-refractivity contribution in [3.8, 4) is 0 Å². The van der Waals surface area contributed by atoms with Gasteiger partial charge in [-0.15, -0.1) is 0 Å². The van der Waals surface area contributed by atoms with E-state index in [9.17, 15) is 4.79 Å². The Balaban J connectivity index is 2.55. The Kier molecular flexibility index (Phi) is 3.50. The molecule has 1 saturated heterocycles. The van der Waals surface area contributed by atoms with E-state index in [1.54, 1.807) is 11.9 Å². The Morgan fingerprint density at radius 3 is 2.79 bits per heavy atom. The number of amides is 1. The van der Waals surface area contributed by atoms with Crippen LogP contribution in [-0.2, 0) is 9.53 Å². The second-order valence-electron chi connectivity index (χ2n) is 4.35. The molecule has 1 fully saturated rings. The van der Waals surface area contributed by atoms with Crippen molar-refractivity contribution in [3.05, 3.63) is 0 Å². The Hall–Kier alpha value is -0.610. The van der Waals surface area contributed by atoms with Crippen molar-refractivity contribution < 1.29 is 9.53 Å². The number of likely N-dealkylation sites (N-methyl/N-ethyl adjacent to an activating group) is 1. The first kappa shape index (κ1) is 11.5. The van der Waals surface area contributed by atoms with E-state index in [0.717, 1.165) is 12.8 Å². The lowest BCUT2D eigenvalue weighted by atomic mass is 10.0. The second kappa shape index (κ2) is 4.28. The van der Waals surface area contributed by atoms with Crippen LogP contribution in [0.2, 0.25) is 0 Å². The number of hydrogen-bond donors (Lipinski definition) is 1. The second-order valence-corrected chi connectivity index (χ2v) is 4.35. The molecule has 2 atom stereocenters. The van der Waals surface area contributed by atoms with Gasteiger partial charge in [-0.3, -0.25) is 4.79 Å². The minimum Gasteiger partial charge on any atom is -0.365 e. The lowest BCUT2D eigenvalue weighted by Gasteiger charge is -2.29. The normalized spacial score (nSPS) is 28.9. The Labute approximate surface area is 85.4 Å². The number of ether oxygens (including phenoxy) is 1. The molecule has 1 aliphatic rings. The number of carbonyl (C=O) groups is 1. The van der Waals surface area contributed by atoms with Crippen molar-refractivity contribution in [2.24, 2.45) is 5.73 Å². The summed E-state index contributed by atoms with van der Waals surface area (Å²) in [6.07, 6.45) is 1.78. The third-order valence-corrected chi connectivity index (χ3v) is 2.58. The SMILES string of the molecule is CC(N)CN(C)C(=O)C1(C)CCCO1.